The average Bonchev–Trinajstić information content (AvgIpc) is 3.64. The summed E-state index contributed by atoms with van der Waals surface area (Å²) in [4.78, 5) is 35.8. The molecule has 5 heterocycles. The van der Waals surface area contributed by atoms with Crippen molar-refractivity contribution in [3.63, 3.8) is 0 Å². The number of nitrogens with zero attached hydrogens (tertiary/aromatic N) is 4. The van der Waals surface area contributed by atoms with Gasteiger partial charge in [0, 0.05) is 55.4 Å². The molecule has 10 nitrogen and oxygen atoms in total. The van der Waals surface area contributed by atoms with Gasteiger partial charge in [0.2, 0.25) is 12.3 Å². The van der Waals surface area contributed by atoms with E-state index in [0.29, 0.717) is 64.4 Å². The van der Waals surface area contributed by atoms with Gasteiger partial charge >= 0.3 is 0 Å². The van der Waals surface area contributed by atoms with E-state index in [0.717, 1.165) is 6.42 Å². The topological polar surface area (TPSA) is 115 Å². The van der Waals surface area contributed by atoms with Crippen molar-refractivity contribution in [2.75, 3.05) is 20.2 Å². The predicted octanol–water partition coefficient (Wildman–Crippen LogP) is 5.20. The predicted molar refractivity (Wildman–Crippen MR) is 171 cm³/mol. The number of imidazole rings is 1. The SMILES string of the molecule is COc1cc(C(=O)N[C@H]2CNC[C@@H](C(F)F)C2)cc2nc(-c3cc4ccc5nc4n3CC(F)(F)CCC[C@@H]3C[C@H]3C(=O)N[C@@H]5C)n(C)c12. The summed E-state index contributed by atoms with van der Waals surface area (Å²) in [5, 5.41) is 9.49. The second-order valence-electron chi connectivity index (χ2n) is 13.5. The number of hydrogen-bond acceptors (Lipinski definition) is 6. The molecule has 2 bridgehead atoms. The number of piperidine rings is 1. The molecule has 2 fully saturated rings. The minimum absolute atomic E-state index is 0.0660. The van der Waals surface area contributed by atoms with Gasteiger partial charge in [-0.2, -0.15) is 0 Å². The zero-order chi connectivity index (χ0) is 33.9. The van der Waals surface area contributed by atoms with Crippen LogP contribution in [0.3, 0.4) is 0 Å². The van der Waals surface area contributed by atoms with Crippen molar-refractivity contribution in [3.05, 3.63) is 41.6 Å². The Balaban J connectivity index is 1.28. The van der Waals surface area contributed by atoms with Crippen molar-refractivity contribution in [3.8, 4) is 17.3 Å². The molecule has 1 aromatic carbocycles. The standard InChI is InChI=1S/C34H39F4N7O3/c1-17-24-7-6-19-12-26(45(30(19)42-24)16-34(37,38)8-4-5-18-10-23(18)33(47)40-17)31-43-25-11-20(13-27(48-3)28(25)44(31)2)32(46)41-22-9-21(29(35)36)14-39-15-22/h6-7,11-13,17-18,21-23,29,39H,4-5,8-10,14-16H2,1-3H3,(H,40,47)(H,41,46)/t17-,18-,21+,22-,23-/m1/s1. The fourth-order valence-electron chi connectivity index (χ4n) is 7.32. The number of methoxy groups -OCH3 is 1. The van der Waals surface area contributed by atoms with Gasteiger partial charge in [-0.15, -0.1) is 0 Å². The molecule has 2 aliphatic heterocycles. The van der Waals surface area contributed by atoms with Crippen LogP contribution in [0.5, 0.6) is 5.75 Å². The monoisotopic (exact) mass is 669 g/mol. The van der Waals surface area contributed by atoms with E-state index in [-0.39, 0.29) is 42.7 Å². The van der Waals surface area contributed by atoms with E-state index in [4.69, 9.17) is 14.7 Å². The number of rotatable bonds is 5. The number of benzene rings is 1. The Morgan fingerprint density at radius 2 is 1.96 bits per heavy atom. The summed E-state index contributed by atoms with van der Waals surface area (Å²) in [6.45, 7) is 1.79. The van der Waals surface area contributed by atoms with E-state index in [1.807, 2.05) is 13.0 Å². The summed E-state index contributed by atoms with van der Waals surface area (Å²) < 4.78 is 66.9. The minimum Gasteiger partial charge on any atom is -0.494 e. The highest BCUT2D eigenvalue weighted by Gasteiger charge is 2.43. The van der Waals surface area contributed by atoms with Crippen molar-refractivity contribution < 1.29 is 31.9 Å². The number of aromatic nitrogens is 4. The van der Waals surface area contributed by atoms with Crippen LogP contribution in [-0.2, 0) is 18.4 Å². The molecule has 14 heteroatoms. The fourth-order valence-corrected chi connectivity index (χ4v) is 7.32. The largest absolute Gasteiger partial charge is 0.494 e. The van der Waals surface area contributed by atoms with Gasteiger partial charge < -0.3 is 29.8 Å². The molecule has 1 saturated carbocycles. The highest BCUT2D eigenvalue weighted by atomic mass is 19.3. The molecule has 1 aliphatic carbocycles. The fraction of sp³-hybridized carbons (Fsp3) is 0.529. The maximum atomic E-state index is 15.7. The quantitative estimate of drug-likeness (QED) is 0.252. The molecule has 2 amide bonds. The van der Waals surface area contributed by atoms with Crippen LogP contribution in [0.4, 0.5) is 17.6 Å². The Kier molecular flexibility index (Phi) is 8.33. The molecular formula is C34H39F4N7O3. The van der Waals surface area contributed by atoms with E-state index >= 15 is 8.78 Å². The Labute approximate surface area is 274 Å². The molecule has 0 unspecified atom stereocenters. The lowest BCUT2D eigenvalue weighted by Gasteiger charge is -2.30. The number of carbonyl (C=O) groups excluding carboxylic acids is 2. The molecule has 5 atom stereocenters. The van der Waals surface area contributed by atoms with E-state index in [2.05, 4.69) is 16.0 Å². The number of nitrogens with one attached hydrogen (secondary N) is 3. The van der Waals surface area contributed by atoms with Gasteiger partial charge in [-0.1, -0.05) is 0 Å². The number of carbonyl (C=O) groups is 2. The van der Waals surface area contributed by atoms with E-state index in [1.165, 1.54) is 11.7 Å². The van der Waals surface area contributed by atoms with Crippen molar-refractivity contribution in [1.29, 1.82) is 0 Å². The zero-order valence-corrected chi connectivity index (χ0v) is 27.0. The van der Waals surface area contributed by atoms with E-state index < -0.39 is 42.8 Å². The highest BCUT2D eigenvalue weighted by Crippen LogP contribution is 2.44. The zero-order valence-electron chi connectivity index (χ0n) is 27.0. The molecule has 1 saturated heterocycles. The molecule has 3 aliphatic rings. The summed E-state index contributed by atoms with van der Waals surface area (Å²) in [7, 11) is 3.21. The van der Waals surface area contributed by atoms with Crippen LogP contribution in [0.25, 0.3) is 33.6 Å². The lowest BCUT2D eigenvalue weighted by molar-refractivity contribution is -0.123. The first-order chi connectivity index (χ1) is 22.9. The van der Waals surface area contributed by atoms with Crippen LogP contribution >= 0.6 is 0 Å². The number of hydrogen-bond donors (Lipinski definition) is 3. The van der Waals surface area contributed by atoms with E-state index in [1.54, 1.807) is 35.9 Å². The first-order valence-corrected chi connectivity index (χ1v) is 16.5. The lowest BCUT2D eigenvalue weighted by atomic mass is 9.96. The van der Waals surface area contributed by atoms with Crippen LogP contribution in [0.1, 0.15) is 61.1 Å². The maximum Gasteiger partial charge on any atom is 0.265 e. The Morgan fingerprint density at radius 1 is 1.15 bits per heavy atom. The third-order valence-electron chi connectivity index (χ3n) is 10.1. The lowest BCUT2D eigenvalue weighted by Crippen LogP contribution is -2.50. The Hall–Kier alpha value is -4.20. The number of amides is 2. The molecule has 4 aromatic rings. The molecule has 3 aromatic heterocycles. The smallest absolute Gasteiger partial charge is 0.265 e. The van der Waals surface area contributed by atoms with Crippen LogP contribution in [0.15, 0.2) is 30.3 Å². The van der Waals surface area contributed by atoms with Gasteiger partial charge in [-0.3, -0.25) is 9.59 Å². The molecule has 7 rings (SSSR count). The number of halogens is 4. The molecule has 0 spiro atoms. The summed E-state index contributed by atoms with van der Waals surface area (Å²) in [6.07, 6.45) is -1.06. The second-order valence-corrected chi connectivity index (χ2v) is 13.5. The molecular weight excluding hydrogens is 630 g/mol. The van der Waals surface area contributed by atoms with Gasteiger partial charge in [-0.05, 0) is 68.9 Å². The maximum absolute atomic E-state index is 15.7. The molecule has 0 radical (unpaired) electrons. The molecule has 256 valence electrons. The second kappa shape index (κ2) is 12.4. The van der Waals surface area contributed by atoms with Gasteiger partial charge in [-0.25, -0.2) is 27.5 Å². The van der Waals surface area contributed by atoms with Crippen LogP contribution in [-0.4, -0.2) is 69.5 Å². The molecule has 3 N–H and O–H groups in total. The normalized spacial score (nSPS) is 25.9. The van der Waals surface area contributed by atoms with Gasteiger partial charge in [0.1, 0.15) is 16.9 Å². The van der Waals surface area contributed by atoms with Crippen molar-refractivity contribution in [2.24, 2.45) is 24.8 Å². The number of pyridine rings is 1. The third-order valence-corrected chi connectivity index (χ3v) is 10.1. The highest BCUT2D eigenvalue weighted by molar-refractivity contribution is 6.00. The number of alkyl halides is 4. The van der Waals surface area contributed by atoms with Crippen LogP contribution < -0.4 is 20.7 Å². The summed E-state index contributed by atoms with van der Waals surface area (Å²) in [5.74, 6) is -3.72. The summed E-state index contributed by atoms with van der Waals surface area (Å²) >= 11 is 0. The van der Waals surface area contributed by atoms with Crippen molar-refractivity contribution in [2.45, 2.75) is 70.0 Å². The van der Waals surface area contributed by atoms with Gasteiger partial charge in [0.25, 0.3) is 11.8 Å². The minimum atomic E-state index is -3.05. The van der Waals surface area contributed by atoms with Gasteiger partial charge in [0.15, 0.2) is 5.82 Å². The first-order valence-electron chi connectivity index (χ1n) is 16.5. The van der Waals surface area contributed by atoms with Gasteiger partial charge in [0.05, 0.1) is 36.6 Å². The van der Waals surface area contributed by atoms with Crippen molar-refractivity contribution in [1.82, 2.24) is 35.1 Å². The third kappa shape index (κ3) is 6.10. The number of fused-ring (bicyclic) bond motifs is 3. The number of aryl methyl sites for hydroxylation is 1. The van der Waals surface area contributed by atoms with Crippen LogP contribution in [0.2, 0.25) is 0 Å². The van der Waals surface area contributed by atoms with Crippen molar-refractivity contribution >= 4 is 33.9 Å². The Morgan fingerprint density at radius 3 is 2.73 bits per heavy atom. The van der Waals surface area contributed by atoms with Crippen LogP contribution in [0, 0.1) is 17.8 Å². The van der Waals surface area contributed by atoms with E-state index in [9.17, 15) is 18.4 Å². The Bertz CT molecular complexity index is 1890. The molecule has 48 heavy (non-hydrogen) atoms. The first kappa shape index (κ1) is 32.4. The summed E-state index contributed by atoms with van der Waals surface area (Å²) in [5.41, 5.74) is 2.52. The summed E-state index contributed by atoms with van der Waals surface area (Å²) in [6, 6.07) is 7.65. The number of ether oxygens (including phenoxy) is 1. The average molecular weight is 670 g/mol.